The van der Waals surface area contributed by atoms with Gasteiger partial charge < -0.3 is 5.11 Å². The molecular formula is C13H7Cl3F3NO. The van der Waals surface area contributed by atoms with E-state index in [1.165, 1.54) is 18.2 Å². The average Bonchev–Trinajstić information content (AvgIpc) is 2.41. The number of rotatable bonds is 2. The number of hydrogen-bond acceptors (Lipinski definition) is 2. The zero-order chi connectivity index (χ0) is 15.8. The van der Waals surface area contributed by atoms with Crippen LogP contribution in [0.5, 0.6) is 0 Å². The molecular weight excluding hydrogens is 350 g/mol. The summed E-state index contributed by atoms with van der Waals surface area (Å²) in [4.78, 5) is 3.53. The third-order valence-electron chi connectivity index (χ3n) is 2.63. The van der Waals surface area contributed by atoms with Gasteiger partial charge in [0.1, 0.15) is 5.69 Å². The van der Waals surface area contributed by atoms with E-state index < -0.39 is 18.5 Å². The molecule has 1 aromatic carbocycles. The number of pyridine rings is 1. The van der Waals surface area contributed by atoms with E-state index in [0.29, 0.717) is 0 Å². The van der Waals surface area contributed by atoms with E-state index in [4.69, 9.17) is 39.9 Å². The number of aromatic nitrogens is 1. The van der Waals surface area contributed by atoms with E-state index in [1.54, 1.807) is 0 Å². The van der Waals surface area contributed by atoms with Gasteiger partial charge in [0.15, 0.2) is 0 Å². The van der Waals surface area contributed by atoms with E-state index in [1.807, 2.05) is 0 Å². The van der Waals surface area contributed by atoms with Gasteiger partial charge >= 0.3 is 6.18 Å². The first-order valence-corrected chi connectivity index (χ1v) is 6.69. The molecule has 0 radical (unpaired) electrons. The maximum atomic E-state index is 12.8. The van der Waals surface area contributed by atoms with Crippen LogP contribution in [-0.2, 0) is 12.8 Å². The average molecular weight is 357 g/mol. The maximum absolute atomic E-state index is 12.8. The first-order chi connectivity index (χ1) is 9.72. The Balaban J connectivity index is 2.69. The molecule has 1 heterocycles. The molecule has 0 spiro atoms. The minimum absolute atomic E-state index is 0.0387. The fraction of sp³-hybridized carbons (Fsp3) is 0.154. The van der Waals surface area contributed by atoms with Crippen LogP contribution in [-0.4, -0.2) is 10.1 Å². The Hall–Kier alpha value is -1.01. The van der Waals surface area contributed by atoms with Crippen LogP contribution >= 0.6 is 34.8 Å². The van der Waals surface area contributed by atoms with E-state index in [9.17, 15) is 13.2 Å². The van der Waals surface area contributed by atoms with Gasteiger partial charge in [-0.3, -0.25) is 0 Å². The lowest BCUT2D eigenvalue weighted by Gasteiger charge is -2.12. The van der Waals surface area contributed by atoms with Crippen LogP contribution in [0, 0.1) is 0 Å². The maximum Gasteiger partial charge on any atom is 0.433 e. The van der Waals surface area contributed by atoms with Gasteiger partial charge in [-0.1, -0.05) is 34.8 Å². The lowest BCUT2D eigenvalue weighted by Crippen LogP contribution is -2.09. The Bertz CT molecular complexity index is 689. The quantitative estimate of drug-likeness (QED) is 0.748. The molecule has 0 amide bonds. The van der Waals surface area contributed by atoms with Crippen molar-refractivity contribution >= 4 is 34.8 Å². The van der Waals surface area contributed by atoms with Crippen molar-refractivity contribution in [2.45, 2.75) is 12.8 Å². The second-order valence-electron chi connectivity index (χ2n) is 4.15. The number of nitrogens with zero attached hydrogens (tertiary/aromatic N) is 1. The van der Waals surface area contributed by atoms with Crippen molar-refractivity contribution in [3.05, 3.63) is 50.6 Å². The summed E-state index contributed by atoms with van der Waals surface area (Å²) < 4.78 is 38.5. The zero-order valence-electron chi connectivity index (χ0n) is 10.2. The van der Waals surface area contributed by atoms with Crippen molar-refractivity contribution in [1.82, 2.24) is 4.98 Å². The Morgan fingerprint density at radius 1 is 1.05 bits per heavy atom. The Morgan fingerprint density at radius 3 is 2.29 bits per heavy atom. The fourth-order valence-corrected chi connectivity index (χ4v) is 2.40. The van der Waals surface area contributed by atoms with Gasteiger partial charge in [-0.15, -0.1) is 0 Å². The zero-order valence-corrected chi connectivity index (χ0v) is 12.4. The molecule has 0 unspecified atom stereocenters. The summed E-state index contributed by atoms with van der Waals surface area (Å²) in [5.41, 5.74) is -0.978. The van der Waals surface area contributed by atoms with Crippen LogP contribution in [0.2, 0.25) is 15.1 Å². The summed E-state index contributed by atoms with van der Waals surface area (Å²) in [5.74, 6) is 0. The highest BCUT2D eigenvalue weighted by molar-refractivity contribution is 6.45. The Morgan fingerprint density at radius 2 is 1.71 bits per heavy atom. The normalized spacial score (nSPS) is 11.8. The molecule has 112 valence electrons. The number of aliphatic hydroxyl groups excluding tert-OH is 1. The number of alkyl halides is 3. The first-order valence-electron chi connectivity index (χ1n) is 5.56. The summed E-state index contributed by atoms with van der Waals surface area (Å²) in [5, 5.41) is 9.45. The lowest BCUT2D eigenvalue weighted by molar-refractivity contribution is -0.141. The highest BCUT2D eigenvalue weighted by atomic mass is 35.5. The lowest BCUT2D eigenvalue weighted by atomic mass is 10.1. The highest BCUT2D eigenvalue weighted by Crippen LogP contribution is 2.37. The molecule has 21 heavy (non-hydrogen) atoms. The van der Waals surface area contributed by atoms with Gasteiger partial charge in [-0.2, -0.15) is 13.2 Å². The van der Waals surface area contributed by atoms with Crippen LogP contribution in [0.25, 0.3) is 11.3 Å². The summed E-state index contributed by atoms with van der Waals surface area (Å²) >= 11 is 17.7. The minimum Gasteiger partial charge on any atom is -0.392 e. The predicted octanol–water partition coefficient (Wildman–Crippen LogP) is 5.22. The molecule has 0 aliphatic carbocycles. The van der Waals surface area contributed by atoms with Crippen LogP contribution in [0.15, 0.2) is 24.3 Å². The molecule has 8 heteroatoms. The van der Waals surface area contributed by atoms with Gasteiger partial charge in [0.05, 0.1) is 22.3 Å². The van der Waals surface area contributed by atoms with Gasteiger partial charge in [-0.05, 0) is 29.8 Å². The van der Waals surface area contributed by atoms with Gasteiger partial charge in [0.2, 0.25) is 0 Å². The van der Waals surface area contributed by atoms with Crippen LogP contribution in [0.3, 0.4) is 0 Å². The highest BCUT2D eigenvalue weighted by Gasteiger charge is 2.33. The Kier molecular flexibility index (Phi) is 4.68. The number of halogens is 6. The summed E-state index contributed by atoms with van der Waals surface area (Å²) in [6.07, 6.45) is -4.64. The number of aliphatic hydroxyl groups is 1. The molecule has 2 aromatic rings. The molecule has 0 saturated carbocycles. The molecule has 2 rings (SSSR count). The molecule has 0 fully saturated rings. The first kappa shape index (κ1) is 16.4. The van der Waals surface area contributed by atoms with Crippen LogP contribution in [0.4, 0.5) is 13.2 Å². The summed E-state index contributed by atoms with van der Waals surface area (Å²) in [6, 6.07) is 4.79. The van der Waals surface area contributed by atoms with Crippen molar-refractivity contribution in [2.24, 2.45) is 0 Å². The van der Waals surface area contributed by atoms with Crippen LogP contribution < -0.4 is 0 Å². The summed E-state index contributed by atoms with van der Waals surface area (Å²) in [6.45, 7) is -0.565. The topological polar surface area (TPSA) is 33.1 Å². The van der Waals surface area contributed by atoms with E-state index in [2.05, 4.69) is 4.98 Å². The molecule has 0 atom stereocenters. The molecule has 1 aromatic heterocycles. The Labute approximate surface area is 133 Å². The second kappa shape index (κ2) is 6.01. The monoisotopic (exact) mass is 355 g/mol. The van der Waals surface area contributed by atoms with Crippen molar-refractivity contribution in [3.8, 4) is 11.3 Å². The van der Waals surface area contributed by atoms with Crippen molar-refractivity contribution in [3.63, 3.8) is 0 Å². The third-order valence-corrected chi connectivity index (χ3v) is 3.65. The van der Waals surface area contributed by atoms with Gasteiger partial charge in [0.25, 0.3) is 0 Å². The number of benzene rings is 1. The molecule has 1 N–H and O–H groups in total. The van der Waals surface area contributed by atoms with Crippen molar-refractivity contribution < 1.29 is 18.3 Å². The minimum atomic E-state index is -4.64. The second-order valence-corrected chi connectivity index (χ2v) is 5.37. The van der Waals surface area contributed by atoms with Crippen LogP contribution in [0.1, 0.15) is 11.3 Å². The largest absolute Gasteiger partial charge is 0.433 e. The fourth-order valence-electron chi connectivity index (χ4n) is 1.70. The third kappa shape index (κ3) is 3.61. The standard InChI is InChI=1S/C13H7Cl3F3NO/c14-7-3-8(12(16)9(15)4-7)10-1-6(5-21)2-11(20-10)13(17,18)19/h1-4,21H,5H2. The van der Waals surface area contributed by atoms with Gasteiger partial charge in [0, 0.05) is 10.6 Å². The van der Waals surface area contributed by atoms with Gasteiger partial charge in [-0.25, -0.2) is 4.98 Å². The predicted molar refractivity (Wildman–Crippen MR) is 75.6 cm³/mol. The summed E-state index contributed by atoms with van der Waals surface area (Å²) in [7, 11) is 0. The number of hydrogen-bond donors (Lipinski definition) is 1. The van der Waals surface area contributed by atoms with Crippen molar-refractivity contribution in [1.29, 1.82) is 0 Å². The molecule has 0 bridgehead atoms. The molecule has 2 nitrogen and oxygen atoms in total. The van der Waals surface area contributed by atoms with Crippen molar-refractivity contribution in [2.75, 3.05) is 0 Å². The van der Waals surface area contributed by atoms with E-state index in [-0.39, 0.29) is 31.9 Å². The molecule has 0 aliphatic rings. The molecule has 0 aliphatic heterocycles. The smallest absolute Gasteiger partial charge is 0.392 e. The molecule has 0 saturated heterocycles. The SMILES string of the molecule is OCc1cc(-c2cc(Cl)cc(Cl)c2Cl)nc(C(F)(F)F)c1. The van der Waals surface area contributed by atoms with E-state index >= 15 is 0 Å². The van der Waals surface area contributed by atoms with E-state index in [0.717, 1.165) is 6.07 Å².